The van der Waals surface area contributed by atoms with E-state index < -0.39 is 10.0 Å². The second-order valence-electron chi connectivity index (χ2n) is 7.96. The molecule has 0 unspecified atom stereocenters. The van der Waals surface area contributed by atoms with Crippen molar-refractivity contribution < 1.29 is 17.6 Å². The molecule has 2 heterocycles. The lowest BCUT2D eigenvalue weighted by Gasteiger charge is -2.29. The third-order valence-electron chi connectivity index (χ3n) is 5.61. The zero-order valence-corrected chi connectivity index (χ0v) is 18.5. The van der Waals surface area contributed by atoms with Crippen molar-refractivity contribution in [3.8, 4) is 0 Å². The van der Waals surface area contributed by atoms with Gasteiger partial charge < -0.3 is 5.32 Å². The van der Waals surface area contributed by atoms with Crippen molar-refractivity contribution in [1.82, 2.24) is 19.4 Å². The molecule has 7 nitrogen and oxygen atoms in total. The highest BCUT2D eigenvalue weighted by atomic mass is 32.2. The number of piperidine rings is 1. The van der Waals surface area contributed by atoms with Crippen LogP contribution in [0.2, 0.25) is 0 Å². The summed E-state index contributed by atoms with van der Waals surface area (Å²) in [5.74, 6) is 0.0375. The largest absolute Gasteiger partial charge is 0.352 e. The van der Waals surface area contributed by atoms with E-state index in [2.05, 4.69) is 17.3 Å². The fraction of sp³-hybridized carbons (Fsp3) is 0.524. The number of carbonyl (C=O) groups is 1. The molecule has 1 amide bonds. The predicted octanol–water partition coefficient (Wildman–Crippen LogP) is 2.77. The summed E-state index contributed by atoms with van der Waals surface area (Å²) in [6, 6.07) is 5.94. The summed E-state index contributed by atoms with van der Waals surface area (Å²) in [6.07, 6.45) is 1.89. The molecular weight excluding hydrogens is 407 g/mol. The monoisotopic (exact) mass is 436 g/mol. The molecule has 1 saturated heterocycles. The summed E-state index contributed by atoms with van der Waals surface area (Å²) in [4.78, 5) is 12.4. The maximum Gasteiger partial charge on any atom is 0.246 e. The van der Waals surface area contributed by atoms with E-state index in [-0.39, 0.29) is 29.6 Å². The Morgan fingerprint density at radius 3 is 2.47 bits per heavy atom. The van der Waals surface area contributed by atoms with Gasteiger partial charge in [0.25, 0.3) is 0 Å². The van der Waals surface area contributed by atoms with Crippen LogP contribution in [0.1, 0.15) is 43.1 Å². The number of sulfonamides is 1. The Morgan fingerprint density at radius 1 is 1.20 bits per heavy atom. The lowest BCUT2D eigenvalue weighted by molar-refractivity contribution is -0.121. The van der Waals surface area contributed by atoms with Crippen LogP contribution in [0.25, 0.3) is 0 Å². The molecular formula is C21H29FN4O3S. The first-order valence-corrected chi connectivity index (χ1v) is 11.7. The molecule has 9 heteroatoms. The highest BCUT2D eigenvalue weighted by Crippen LogP contribution is 2.27. The van der Waals surface area contributed by atoms with E-state index >= 15 is 0 Å². The molecule has 0 atom stereocenters. The van der Waals surface area contributed by atoms with Gasteiger partial charge in [0.05, 0.1) is 17.9 Å². The van der Waals surface area contributed by atoms with Crippen molar-refractivity contribution in [2.45, 2.75) is 58.0 Å². The number of hydrogen-bond donors (Lipinski definition) is 1. The third-order valence-corrected chi connectivity index (χ3v) is 7.76. The van der Waals surface area contributed by atoms with E-state index in [1.165, 1.54) is 12.1 Å². The molecule has 3 rings (SSSR count). The van der Waals surface area contributed by atoms with Crippen molar-refractivity contribution in [2.24, 2.45) is 5.92 Å². The number of aromatic nitrogens is 2. The molecule has 1 aliphatic rings. The molecule has 1 aliphatic heterocycles. The van der Waals surface area contributed by atoms with Crippen molar-refractivity contribution in [1.29, 1.82) is 0 Å². The first-order chi connectivity index (χ1) is 14.2. The van der Waals surface area contributed by atoms with Gasteiger partial charge >= 0.3 is 0 Å². The Bertz CT molecular complexity index is 994. The Hall–Kier alpha value is -2.26. The van der Waals surface area contributed by atoms with Crippen LogP contribution in [0.15, 0.2) is 29.2 Å². The van der Waals surface area contributed by atoms with Gasteiger partial charge in [0, 0.05) is 26.1 Å². The summed E-state index contributed by atoms with van der Waals surface area (Å²) < 4.78 is 42.4. The molecule has 0 aliphatic carbocycles. The zero-order valence-electron chi connectivity index (χ0n) is 17.7. The molecule has 0 radical (unpaired) electrons. The minimum atomic E-state index is -3.60. The van der Waals surface area contributed by atoms with Gasteiger partial charge in [0.15, 0.2) is 0 Å². The number of carbonyl (C=O) groups excluding carboxylic acids is 1. The molecule has 1 fully saturated rings. The number of benzene rings is 1. The number of halogens is 1. The highest BCUT2D eigenvalue weighted by molar-refractivity contribution is 7.89. The van der Waals surface area contributed by atoms with Gasteiger partial charge in [-0.2, -0.15) is 9.40 Å². The van der Waals surface area contributed by atoms with E-state index in [0.717, 1.165) is 18.4 Å². The van der Waals surface area contributed by atoms with Crippen molar-refractivity contribution in [2.75, 3.05) is 13.1 Å². The average molecular weight is 437 g/mol. The predicted molar refractivity (Wildman–Crippen MR) is 112 cm³/mol. The van der Waals surface area contributed by atoms with Crippen LogP contribution >= 0.6 is 0 Å². The fourth-order valence-electron chi connectivity index (χ4n) is 3.72. The van der Waals surface area contributed by atoms with E-state index in [9.17, 15) is 17.6 Å². The van der Waals surface area contributed by atoms with Crippen molar-refractivity contribution in [3.05, 3.63) is 47.0 Å². The molecule has 164 valence electrons. The lowest BCUT2D eigenvalue weighted by atomic mass is 10.0. The van der Waals surface area contributed by atoms with Gasteiger partial charge in [-0.25, -0.2) is 12.8 Å². The summed E-state index contributed by atoms with van der Waals surface area (Å²) in [5.41, 5.74) is 1.82. The molecule has 0 saturated carbocycles. The SMILES string of the molecule is Cc1nn(CCC(=O)NCc2ccc(F)cc2)c(C)c1S(=O)(=O)N1CCC(C)CC1. The quantitative estimate of drug-likeness (QED) is 0.723. The number of nitrogens with one attached hydrogen (secondary N) is 1. The van der Waals surface area contributed by atoms with Gasteiger partial charge in [-0.3, -0.25) is 9.48 Å². The minimum Gasteiger partial charge on any atom is -0.352 e. The van der Waals surface area contributed by atoms with Crippen molar-refractivity contribution >= 4 is 15.9 Å². The van der Waals surface area contributed by atoms with Crippen LogP contribution in [0.4, 0.5) is 4.39 Å². The Labute approximate surface area is 177 Å². The molecule has 1 aromatic heterocycles. The Kier molecular flexibility index (Phi) is 6.92. The topological polar surface area (TPSA) is 84.3 Å². The van der Waals surface area contributed by atoms with Gasteiger partial charge in [0.2, 0.25) is 15.9 Å². The average Bonchev–Trinajstić information content (AvgIpc) is 3.00. The molecule has 1 N–H and O–H groups in total. The maximum absolute atomic E-state index is 13.1. The Morgan fingerprint density at radius 2 is 1.83 bits per heavy atom. The van der Waals surface area contributed by atoms with Crippen LogP contribution in [0.5, 0.6) is 0 Å². The van der Waals surface area contributed by atoms with Crippen LogP contribution in [-0.4, -0.2) is 41.5 Å². The smallest absolute Gasteiger partial charge is 0.246 e. The minimum absolute atomic E-state index is 0.171. The first kappa shape index (κ1) is 22.4. The van der Waals surface area contributed by atoms with Gasteiger partial charge in [0.1, 0.15) is 10.7 Å². The molecule has 30 heavy (non-hydrogen) atoms. The second kappa shape index (κ2) is 9.26. The van der Waals surface area contributed by atoms with E-state index in [1.54, 1.807) is 35.0 Å². The number of aryl methyl sites for hydroxylation is 2. The fourth-order valence-corrected chi connectivity index (χ4v) is 5.57. The standard InChI is InChI=1S/C21H29FN4O3S/c1-15-8-11-25(12-9-15)30(28,29)21-16(2)24-26(17(21)3)13-10-20(27)23-14-18-4-6-19(22)7-5-18/h4-7,15H,8-14H2,1-3H3,(H,23,27). The van der Waals surface area contributed by atoms with Gasteiger partial charge in [-0.15, -0.1) is 0 Å². The van der Waals surface area contributed by atoms with E-state index in [4.69, 9.17) is 0 Å². The van der Waals surface area contributed by atoms with Crippen LogP contribution in [0.3, 0.4) is 0 Å². The summed E-state index contributed by atoms with van der Waals surface area (Å²) in [7, 11) is -3.60. The van der Waals surface area contributed by atoms with E-state index in [1.807, 2.05) is 0 Å². The number of nitrogens with zero attached hydrogens (tertiary/aromatic N) is 3. The Balaban J connectivity index is 1.62. The number of rotatable bonds is 7. The lowest BCUT2D eigenvalue weighted by Crippen LogP contribution is -2.38. The molecule has 1 aromatic carbocycles. The van der Waals surface area contributed by atoms with Gasteiger partial charge in [-0.05, 0) is 50.3 Å². The summed E-state index contributed by atoms with van der Waals surface area (Å²) in [5, 5.41) is 7.16. The molecule has 0 bridgehead atoms. The van der Waals surface area contributed by atoms with E-state index in [0.29, 0.717) is 36.9 Å². The van der Waals surface area contributed by atoms with Crippen LogP contribution < -0.4 is 5.32 Å². The van der Waals surface area contributed by atoms with Crippen molar-refractivity contribution in [3.63, 3.8) is 0 Å². The third kappa shape index (κ3) is 5.07. The second-order valence-corrected chi connectivity index (χ2v) is 9.84. The zero-order chi connectivity index (χ0) is 21.9. The maximum atomic E-state index is 13.1. The number of hydrogen-bond acceptors (Lipinski definition) is 4. The van der Waals surface area contributed by atoms with Gasteiger partial charge in [-0.1, -0.05) is 19.1 Å². The number of amides is 1. The van der Waals surface area contributed by atoms with Crippen LogP contribution in [-0.2, 0) is 27.9 Å². The first-order valence-electron chi connectivity index (χ1n) is 10.2. The summed E-state index contributed by atoms with van der Waals surface area (Å²) >= 11 is 0. The summed E-state index contributed by atoms with van der Waals surface area (Å²) in [6.45, 7) is 7.21. The molecule has 0 spiro atoms. The van der Waals surface area contributed by atoms with Crippen LogP contribution in [0, 0.1) is 25.6 Å². The highest BCUT2D eigenvalue weighted by Gasteiger charge is 2.32. The molecule has 2 aromatic rings. The normalized spacial score (nSPS) is 16.0.